The predicted octanol–water partition coefficient (Wildman–Crippen LogP) is 1.97. The molecule has 3 aliphatic rings. The van der Waals surface area contributed by atoms with Crippen LogP contribution in [0.1, 0.15) is 45.4 Å². The van der Waals surface area contributed by atoms with Crippen molar-refractivity contribution in [2.24, 2.45) is 5.41 Å². The molecule has 19 heavy (non-hydrogen) atoms. The number of hydrogen-bond acceptors (Lipinski definition) is 4. The largest absolute Gasteiger partial charge is 0.458 e. The SMILES string of the molecule is CCC1(CN2CCCC2)CC2(CCOCC2)OC1=O. The van der Waals surface area contributed by atoms with Gasteiger partial charge >= 0.3 is 5.97 Å². The van der Waals surface area contributed by atoms with Crippen molar-refractivity contribution in [1.29, 1.82) is 0 Å². The van der Waals surface area contributed by atoms with E-state index in [2.05, 4.69) is 11.8 Å². The summed E-state index contributed by atoms with van der Waals surface area (Å²) in [5, 5.41) is 0. The summed E-state index contributed by atoms with van der Waals surface area (Å²) in [5.74, 6) is 0.0452. The molecular formula is C15H25NO3. The van der Waals surface area contributed by atoms with Gasteiger partial charge in [-0.1, -0.05) is 6.92 Å². The van der Waals surface area contributed by atoms with Gasteiger partial charge in [0.05, 0.1) is 18.6 Å². The van der Waals surface area contributed by atoms with Gasteiger partial charge in [0.25, 0.3) is 0 Å². The van der Waals surface area contributed by atoms with Gasteiger partial charge in [0.15, 0.2) is 0 Å². The van der Waals surface area contributed by atoms with Crippen LogP contribution in [0.2, 0.25) is 0 Å². The average Bonchev–Trinajstić information content (AvgIpc) is 2.99. The van der Waals surface area contributed by atoms with Gasteiger partial charge in [-0.05, 0) is 32.4 Å². The maximum atomic E-state index is 12.5. The van der Waals surface area contributed by atoms with Crippen LogP contribution in [0.4, 0.5) is 0 Å². The molecule has 0 radical (unpaired) electrons. The highest BCUT2D eigenvalue weighted by Crippen LogP contribution is 2.48. The van der Waals surface area contributed by atoms with Gasteiger partial charge in [-0.2, -0.15) is 0 Å². The number of ether oxygens (including phenoxy) is 2. The number of nitrogens with zero attached hydrogens (tertiary/aromatic N) is 1. The Kier molecular flexibility index (Phi) is 3.56. The van der Waals surface area contributed by atoms with E-state index in [4.69, 9.17) is 9.47 Å². The van der Waals surface area contributed by atoms with Crippen molar-refractivity contribution >= 4 is 5.97 Å². The molecule has 0 N–H and O–H groups in total. The molecule has 0 bridgehead atoms. The fraction of sp³-hybridized carbons (Fsp3) is 0.933. The van der Waals surface area contributed by atoms with Crippen LogP contribution < -0.4 is 0 Å². The molecule has 0 amide bonds. The first kappa shape index (κ1) is 13.4. The van der Waals surface area contributed by atoms with Crippen molar-refractivity contribution < 1.29 is 14.3 Å². The quantitative estimate of drug-likeness (QED) is 0.733. The third-order valence-corrected chi connectivity index (χ3v) is 5.21. The minimum atomic E-state index is -0.262. The first-order valence-corrected chi connectivity index (χ1v) is 7.72. The van der Waals surface area contributed by atoms with Gasteiger partial charge in [-0.15, -0.1) is 0 Å². The Morgan fingerprint density at radius 1 is 1.21 bits per heavy atom. The van der Waals surface area contributed by atoms with Crippen molar-refractivity contribution in [1.82, 2.24) is 4.90 Å². The minimum Gasteiger partial charge on any atom is -0.458 e. The molecule has 3 aliphatic heterocycles. The first-order valence-electron chi connectivity index (χ1n) is 7.72. The van der Waals surface area contributed by atoms with Crippen molar-refractivity contribution in [3.05, 3.63) is 0 Å². The van der Waals surface area contributed by atoms with E-state index in [0.29, 0.717) is 0 Å². The molecule has 3 heterocycles. The van der Waals surface area contributed by atoms with E-state index < -0.39 is 0 Å². The summed E-state index contributed by atoms with van der Waals surface area (Å²) in [7, 11) is 0. The van der Waals surface area contributed by atoms with Crippen LogP contribution >= 0.6 is 0 Å². The number of carbonyl (C=O) groups excluding carboxylic acids is 1. The Labute approximate surface area is 115 Å². The number of carbonyl (C=O) groups is 1. The van der Waals surface area contributed by atoms with Crippen LogP contribution in [0, 0.1) is 5.41 Å². The summed E-state index contributed by atoms with van der Waals surface area (Å²) >= 11 is 0. The molecule has 1 spiro atoms. The Morgan fingerprint density at radius 3 is 2.53 bits per heavy atom. The van der Waals surface area contributed by atoms with E-state index >= 15 is 0 Å². The molecule has 4 heteroatoms. The monoisotopic (exact) mass is 267 g/mol. The lowest BCUT2D eigenvalue weighted by molar-refractivity contribution is -0.160. The zero-order valence-electron chi connectivity index (χ0n) is 12.0. The maximum absolute atomic E-state index is 12.5. The van der Waals surface area contributed by atoms with Gasteiger partial charge in [0.2, 0.25) is 0 Å². The summed E-state index contributed by atoms with van der Waals surface area (Å²) in [6, 6.07) is 0. The minimum absolute atomic E-state index is 0.0452. The standard InChI is InChI=1S/C15H25NO3/c1-2-14(12-16-7-3-4-8-16)11-15(19-13(14)17)5-9-18-10-6-15/h2-12H2,1H3. The van der Waals surface area contributed by atoms with Crippen molar-refractivity contribution in [3.63, 3.8) is 0 Å². The summed E-state index contributed by atoms with van der Waals surface area (Å²) in [6.07, 6.45) is 6.09. The second-order valence-electron chi connectivity index (χ2n) is 6.48. The fourth-order valence-corrected chi connectivity index (χ4v) is 3.92. The van der Waals surface area contributed by atoms with Crippen LogP contribution in [0.25, 0.3) is 0 Å². The number of hydrogen-bond donors (Lipinski definition) is 0. The molecule has 0 saturated carbocycles. The topological polar surface area (TPSA) is 38.8 Å². The zero-order chi connectivity index (χ0) is 13.3. The lowest BCUT2D eigenvalue weighted by Crippen LogP contribution is -2.40. The van der Waals surface area contributed by atoms with Crippen LogP contribution in [0.5, 0.6) is 0 Å². The molecule has 1 atom stereocenters. The van der Waals surface area contributed by atoms with Crippen LogP contribution in [0.15, 0.2) is 0 Å². The predicted molar refractivity (Wildman–Crippen MR) is 71.9 cm³/mol. The van der Waals surface area contributed by atoms with E-state index in [9.17, 15) is 4.79 Å². The number of likely N-dealkylation sites (tertiary alicyclic amines) is 1. The summed E-state index contributed by atoms with van der Waals surface area (Å²) < 4.78 is 11.3. The Hall–Kier alpha value is -0.610. The van der Waals surface area contributed by atoms with E-state index in [1.807, 2.05) is 0 Å². The Balaban J connectivity index is 1.74. The van der Waals surface area contributed by atoms with Crippen LogP contribution in [0.3, 0.4) is 0 Å². The smallest absolute Gasteiger partial charge is 0.314 e. The third-order valence-electron chi connectivity index (χ3n) is 5.21. The number of esters is 1. The average molecular weight is 267 g/mol. The van der Waals surface area contributed by atoms with E-state index in [-0.39, 0.29) is 17.0 Å². The molecule has 3 rings (SSSR count). The Morgan fingerprint density at radius 2 is 1.89 bits per heavy atom. The highest BCUT2D eigenvalue weighted by atomic mass is 16.6. The molecule has 3 saturated heterocycles. The fourth-order valence-electron chi connectivity index (χ4n) is 3.92. The summed E-state index contributed by atoms with van der Waals surface area (Å²) in [4.78, 5) is 14.9. The van der Waals surface area contributed by atoms with Crippen molar-refractivity contribution in [3.8, 4) is 0 Å². The molecule has 108 valence electrons. The van der Waals surface area contributed by atoms with Crippen molar-refractivity contribution in [2.75, 3.05) is 32.8 Å². The maximum Gasteiger partial charge on any atom is 0.314 e. The lowest BCUT2D eigenvalue weighted by atomic mass is 9.75. The van der Waals surface area contributed by atoms with Crippen LogP contribution in [-0.2, 0) is 14.3 Å². The van der Waals surface area contributed by atoms with Gasteiger partial charge < -0.3 is 14.4 Å². The van der Waals surface area contributed by atoms with Gasteiger partial charge in [0, 0.05) is 25.8 Å². The van der Waals surface area contributed by atoms with E-state index in [0.717, 1.165) is 58.5 Å². The lowest BCUT2D eigenvalue weighted by Gasteiger charge is -2.33. The normalized spacial score (nSPS) is 34.9. The van der Waals surface area contributed by atoms with Crippen LogP contribution in [-0.4, -0.2) is 49.3 Å². The molecule has 4 nitrogen and oxygen atoms in total. The molecule has 0 aromatic carbocycles. The molecular weight excluding hydrogens is 242 g/mol. The van der Waals surface area contributed by atoms with E-state index in [1.165, 1.54) is 12.8 Å². The zero-order valence-corrected chi connectivity index (χ0v) is 12.0. The first-order chi connectivity index (χ1) is 9.18. The van der Waals surface area contributed by atoms with Gasteiger partial charge in [-0.25, -0.2) is 0 Å². The summed E-state index contributed by atoms with van der Waals surface area (Å²) in [6.45, 7) is 6.78. The third kappa shape index (κ3) is 2.40. The highest BCUT2D eigenvalue weighted by Gasteiger charge is 2.56. The Bertz CT molecular complexity index is 345. The second-order valence-corrected chi connectivity index (χ2v) is 6.48. The van der Waals surface area contributed by atoms with E-state index in [1.54, 1.807) is 0 Å². The molecule has 0 aliphatic carbocycles. The molecule has 0 aromatic rings. The molecule has 3 fully saturated rings. The number of rotatable bonds is 3. The van der Waals surface area contributed by atoms with Gasteiger partial charge in [-0.3, -0.25) is 4.79 Å². The molecule has 1 unspecified atom stereocenters. The molecule has 0 aromatic heterocycles. The second kappa shape index (κ2) is 5.06. The highest BCUT2D eigenvalue weighted by molar-refractivity contribution is 5.80. The van der Waals surface area contributed by atoms with Crippen molar-refractivity contribution in [2.45, 2.75) is 51.0 Å². The van der Waals surface area contributed by atoms with Gasteiger partial charge in [0.1, 0.15) is 5.60 Å². The summed E-state index contributed by atoms with van der Waals surface area (Å²) in [5.41, 5.74) is -0.479.